The molecule has 2 unspecified atom stereocenters. The molecule has 3 rings (SSSR count). The van der Waals surface area contributed by atoms with Crippen LogP contribution < -0.4 is 5.32 Å². The van der Waals surface area contributed by atoms with Gasteiger partial charge >= 0.3 is 0 Å². The molecule has 2 heteroatoms. The van der Waals surface area contributed by atoms with E-state index in [-0.39, 0.29) is 12.1 Å². The van der Waals surface area contributed by atoms with Crippen LogP contribution in [0.25, 0.3) is 0 Å². The monoisotopic (exact) mass is 203 g/mol. The van der Waals surface area contributed by atoms with Gasteiger partial charge in [0.05, 0.1) is 12.1 Å². The number of hydrogen-bond acceptors (Lipinski definition) is 2. The van der Waals surface area contributed by atoms with Crippen molar-refractivity contribution in [3.63, 3.8) is 0 Å². The van der Waals surface area contributed by atoms with Gasteiger partial charge in [-0.1, -0.05) is 31.0 Å². The third-order valence-electron chi connectivity index (χ3n) is 3.54. The number of para-hydroxylation sites is 1. The Morgan fingerprint density at radius 1 is 1.27 bits per heavy atom. The Kier molecular flexibility index (Phi) is 2.17. The molecule has 2 aliphatic rings. The van der Waals surface area contributed by atoms with E-state index in [0.29, 0.717) is 0 Å². The maximum Gasteiger partial charge on any atom is 0.0782 e. The molecule has 1 aromatic rings. The Morgan fingerprint density at radius 3 is 2.87 bits per heavy atom. The third kappa shape index (κ3) is 1.86. The first-order valence-electron chi connectivity index (χ1n) is 5.85. The molecular formula is C13H17NO. The minimum absolute atomic E-state index is 0.208. The number of aliphatic hydroxyl groups is 1. The Labute approximate surface area is 90.3 Å². The number of fused-ring (bicyclic) bond motifs is 1. The van der Waals surface area contributed by atoms with Gasteiger partial charge in [0.1, 0.15) is 0 Å². The van der Waals surface area contributed by atoms with E-state index in [1.807, 2.05) is 6.07 Å². The summed E-state index contributed by atoms with van der Waals surface area (Å²) in [4.78, 5) is 0. The smallest absolute Gasteiger partial charge is 0.0782 e. The molecule has 1 heterocycles. The number of aliphatic hydroxyl groups excluding tert-OH is 1. The average Bonchev–Trinajstić information content (AvgIpc) is 3.03. The first kappa shape index (κ1) is 9.22. The number of hydrogen-bond donors (Lipinski definition) is 2. The summed E-state index contributed by atoms with van der Waals surface area (Å²) in [6.07, 6.45) is 4.44. The van der Waals surface area contributed by atoms with Crippen molar-refractivity contribution in [2.75, 3.05) is 5.32 Å². The lowest BCUT2D eigenvalue weighted by Crippen LogP contribution is -2.39. The maximum atomic E-state index is 10.0. The topological polar surface area (TPSA) is 32.3 Å². The highest BCUT2D eigenvalue weighted by molar-refractivity contribution is 5.54. The van der Waals surface area contributed by atoms with Gasteiger partial charge in [-0.2, -0.15) is 0 Å². The fourth-order valence-electron chi connectivity index (χ4n) is 2.43. The van der Waals surface area contributed by atoms with E-state index >= 15 is 0 Å². The van der Waals surface area contributed by atoms with Crippen LogP contribution in [0.15, 0.2) is 24.3 Å². The SMILES string of the molecule is OC1Cc2ccccc2NC1CC1CC1. The summed E-state index contributed by atoms with van der Waals surface area (Å²) < 4.78 is 0. The second-order valence-corrected chi connectivity index (χ2v) is 4.86. The Morgan fingerprint density at radius 2 is 2.07 bits per heavy atom. The summed E-state index contributed by atoms with van der Waals surface area (Å²) in [5.41, 5.74) is 2.46. The summed E-state index contributed by atoms with van der Waals surface area (Å²) in [6, 6.07) is 8.57. The van der Waals surface area contributed by atoms with Gasteiger partial charge in [-0.3, -0.25) is 0 Å². The molecule has 15 heavy (non-hydrogen) atoms. The predicted molar refractivity (Wildman–Crippen MR) is 60.9 cm³/mol. The second kappa shape index (κ2) is 3.53. The van der Waals surface area contributed by atoms with Gasteiger partial charge in [0.25, 0.3) is 0 Å². The van der Waals surface area contributed by atoms with Gasteiger partial charge < -0.3 is 10.4 Å². The van der Waals surface area contributed by atoms with Gasteiger partial charge in [-0.05, 0) is 24.0 Å². The normalized spacial score (nSPS) is 29.4. The first-order valence-corrected chi connectivity index (χ1v) is 5.85. The molecule has 0 amide bonds. The van der Waals surface area contributed by atoms with E-state index in [2.05, 4.69) is 23.5 Å². The van der Waals surface area contributed by atoms with Crippen molar-refractivity contribution in [1.82, 2.24) is 0 Å². The van der Waals surface area contributed by atoms with E-state index in [4.69, 9.17) is 0 Å². The third-order valence-corrected chi connectivity index (χ3v) is 3.54. The van der Waals surface area contributed by atoms with Crippen LogP contribution in [0.1, 0.15) is 24.8 Å². The standard InChI is InChI=1S/C13H17NO/c15-13-8-10-3-1-2-4-11(10)14-12(13)7-9-5-6-9/h1-4,9,12-15H,5-8H2. The van der Waals surface area contributed by atoms with Gasteiger partial charge in [0.2, 0.25) is 0 Å². The average molecular weight is 203 g/mol. The van der Waals surface area contributed by atoms with E-state index in [0.717, 1.165) is 18.8 Å². The van der Waals surface area contributed by atoms with Crippen molar-refractivity contribution in [1.29, 1.82) is 0 Å². The van der Waals surface area contributed by atoms with E-state index < -0.39 is 0 Å². The highest BCUT2D eigenvalue weighted by Crippen LogP contribution is 2.37. The molecule has 0 aromatic heterocycles. The molecule has 2 atom stereocenters. The van der Waals surface area contributed by atoms with Crippen LogP contribution in [0.4, 0.5) is 5.69 Å². The lowest BCUT2D eigenvalue weighted by atomic mass is 9.92. The highest BCUT2D eigenvalue weighted by Gasteiger charge is 2.32. The summed E-state index contributed by atoms with van der Waals surface area (Å²) in [6.45, 7) is 0. The minimum Gasteiger partial charge on any atom is -0.391 e. The molecule has 1 fully saturated rings. The predicted octanol–water partition coefficient (Wildman–Crippen LogP) is 2.18. The summed E-state index contributed by atoms with van der Waals surface area (Å²) >= 11 is 0. The number of benzene rings is 1. The lowest BCUT2D eigenvalue weighted by molar-refractivity contribution is 0.141. The molecule has 1 aliphatic heterocycles. The minimum atomic E-state index is -0.208. The van der Waals surface area contributed by atoms with Crippen molar-refractivity contribution in [2.24, 2.45) is 5.92 Å². The van der Waals surface area contributed by atoms with Crippen LogP contribution in [0, 0.1) is 5.92 Å². The fourth-order valence-corrected chi connectivity index (χ4v) is 2.43. The van der Waals surface area contributed by atoms with Crippen molar-refractivity contribution in [3.8, 4) is 0 Å². The molecule has 0 spiro atoms. The summed E-state index contributed by atoms with van der Waals surface area (Å²) in [5, 5.41) is 13.5. The molecule has 2 nitrogen and oxygen atoms in total. The quantitative estimate of drug-likeness (QED) is 0.772. The van der Waals surface area contributed by atoms with Gasteiger partial charge in [-0.25, -0.2) is 0 Å². The molecule has 0 radical (unpaired) electrons. The number of rotatable bonds is 2. The van der Waals surface area contributed by atoms with Crippen molar-refractivity contribution < 1.29 is 5.11 Å². The number of nitrogens with one attached hydrogen (secondary N) is 1. The number of anilines is 1. The molecule has 0 saturated heterocycles. The summed E-state index contributed by atoms with van der Waals surface area (Å²) in [5.74, 6) is 0.863. The van der Waals surface area contributed by atoms with Crippen LogP contribution in [0.5, 0.6) is 0 Å². The zero-order chi connectivity index (χ0) is 10.3. The van der Waals surface area contributed by atoms with Crippen LogP contribution in [-0.4, -0.2) is 17.3 Å². The Balaban J connectivity index is 1.78. The molecule has 80 valence electrons. The van der Waals surface area contributed by atoms with Gasteiger partial charge in [-0.15, -0.1) is 0 Å². The molecule has 0 bridgehead atoms. The maximum absolute atomic E-state index is 10.0. The van der Waals surface area contributed by atoms with Crippen molar-refractivity contribution >= 4 is 5.69 Å². The van der Waals surface area contributed by atoms with Crippen molar-refractivity contribution in [3.05, 3.63) is 29.8 Å². The molecular weight excluding hydrogens is 186 g/mol. The lowest BCUT2D eigenvalue weighted by Gasteiger charge is -2.31. The molecule has 1 saturated carbocycles. The second-order valence-electron chi connectivity index (χ2n) is 4.86. The fraction of sp³-hybridized carbons (Fsp3) is 0.538. The zero-order valence-corrected chi connectivity index (χ0v) is 8.82. The van der Waals surface area contributed by atoms with Crippen LogP contribution in [-0.2, 0) is 6.42 Å². The molecule has 1 aromatic carbocycles. The van der Waals surface area contributed by atoms with Crippen LogP contribution in [0.3, 0.4) is 0 Å². The van der Waals surface area contributed by atoms with Crippen LogP contribution >= 0.6 is 0 Å². The molecule has 1 aliphatic carbocycles. The first-order chi connectivity index (χ1) is 7.33. The zero-order valence-electron chi connectivity index (χ0n) is 8.82. The van der Waals surface area contributed by atoms with E-state index in [1.165, 1.54) is 24.1 Å². The Bertz CT molecular complexity index is 359. The van der Waals surface area contributed by atoms with Crippen LogP contribution in [0.2, 0.25) is 0 Å². The Hall–Kier alpha value is -1.02. The van der Waals surface area contributed by atoms with Gasteiger partial charge in [0.15, 0.2) is 0 Å². The van der Waals surface area contributed by atoms with E-state index in [9.17, 15) is 5.11 Å². The van der Waals surface area contributed by atoms with Gasteiger partial charge in [0, 0.05) is 12.1 Å². The summed E-state index contributed by atoms with van der Waals surface area (Å²) in [7, 11) is 0. The van der Waals surface area contributed by atoms with Crippen molar-refractivity contribution in [2.45, 2.75) is 37.8 Å². The molecule has 2 N–H and O–H groups in total. The largest absolute Gasteiger partial charge is 0.391 e. The van der Waals surface area contributed by atoms with E-state index in [1.54, 1.807) is 0 Å². The highest BCUT2D eigenvalue weighted by atomic mass is 16.3.